The van der Waals surface area contributed by atoms with Gasteiger partial charge < -0.3 is 10.5 Å². The largest absolute Gasteiger partial charge is 0.381 e. The van der Waals surface area contributed by atoms with Gasteiger partial charge in [-0.25, -0.2) is 0 Å². The summed E-state index contributed by atoms with van der Waals surface area (Å²) >= 11 is 0. The van der Waals surface area contributed by atoms with E-state index in [1.807, 2.05) is 0 Å². The zero-order valence-electron chi connectivity index (χ0n) is 10.0. The van der Waals surface area contributed by atoms with E-state index in [2.05, 4.69) is 6.92 Å². The van der Waals surface area contributed by atoms with E-state index in [-0.39, 0.29) is 0 Å². The maximum Gasteiger partial charge on any atom is 0.0500 e. The summed E-state index contributed by atoms with van der Waals surface area (Å²) in [6.45, 7) is 3.89. The van der Waals surface area contributed by atoms with Crippen LogP contribution in [0, 0.1) is 11.3 Å². The number of hydrogen-bond acceptors (Lipinski definition) is 2. The topological polar surface area (TPSA) is 35.2 Å². The highest BCUT2D eigenvalue weighted by Crippen LogP contribution is 2.52. The van der Waals surface area contributed by atoms with Crippen LogP contribution in [0.3, 0.4) is 0 Å². The van der Waals surface area contributed by atoms with Crippen molar-refractivity contribution < 1.29 is 4.74 Å². The minimum atomic E-state index is 0.432. The molecule has 2 aliphatic rings. The Hall–Kier alpha value is -0.0800. The molecule has 2 rings (SSSR count). The van der Waals surface area contributed by atoms with Crippen molar-refractivity contribution in [3.63, 3.8) is 0 Å². The van der Waals surface area contributed by atoms with E-state index in [4.69, 9.17) is 10.5 Å². The number of ether oxygens (including phenoxy) is 1. The molecule has 0 radical (unpaired) electrons. The molecular formula is C13H25NO. The van der Waals surface area contributed by atoms with Crippen LogP contribution >= 0.6 is 0 Å². The first-order valence-electron chi connectivity index (χ1n) is 6.60. The van der Waals surface area contributed by atoms with Crippen LogP contribution in [-0.2, 0) is 4.74 Å². The number of nitrogens with two attached hydrogens (primary N) is 1. The number of rotatable bonds is 3. The molecule has 2 unspecified atom stereocenters. The predicted octanol–water partition coefficient (Wildman–Crippen LogP) is 2.71. The zero-order valence-corrected chi connectivity index (χ0v) is 10.0. The third kappa shape index (κ3) is 2.36. The second-order valence-electron chi connectivity index (χ2n) is 5.46. The van der Waals surface area contributed by atoms with Crippen molar-refractivity contribution >= 4 is 0 Å². The van der Waals surface area contributed by atoms with E-state index in [9.17, 15) is 0 Å². The maximum absolute atomic E-state index is 6.09. The van der Waals surface area contributed by atoms with Gasteiger partial charge in [-0.1, -0.05) is 12.8 Å². The van der Waals surface area contributed by atoms with Gasteiger partial charge in [-0.05, 0) is 50.4 Å². The highest BCUT2D eigenvalue weighted by Gasteiger charge is 2.44. The van der Waals surface area contributed by atoms with E-state index in [1.165, 1.54) is 44.9 Å². The molecule has 88 valence electrons. The molecule has 0 aliphatic heterocycles. The van der Waals surface area contributed by atoms with Gasteiger partial charge in [-0.15, -0.1) is 0 Å². The van der Waals surface area contributed by atoms with Crippen molar-refractivity contribution in [3.05, 3.63) is 0 Å². The summed E-state index contributed by atoms with van der Waals surface area (Å²) in [6, 6.07) is 0.432. The quantitative estimate of drug-likeness (QED) is 0.779. The van der Waals surface area contributed by atoms with Crippen molar-refractivity contribution in [2.75, 3.05) is 13.2 Å². The van der Waals surface area contributed by atoms with E-state index in [0.717, 1.165) is 19.1 Å². The predicted molar refractivity (Wildman–Crippen MR) is 62.7 cm³/mol. The summed E-state index contributed by atoms with van der Waals surface area (Å²) in [6.07, 6.45) is 9.50. The Labute approximate surface area is 93.6 Å². The normalized spacial score (nSPS) is 34.8. The molecule has 2 fully saturated rings. The second kappa shape index (κ2) is 4.84. The molecule has 2 N–H and O–H groups in total. The van der Waals surface area contributed by atoms with Crippen LogP contribution < -0.4 is 5.73 Å². The molecule has 1 spiro atoms. The van der Waals surface area contributed by atoms with E-state index in [0.29, 0.717) is 11.5 Å². The van der Waals surface area contributed by atoms with Gasteiger partial charge in [0, 0.05) is 19.3 Å². The van der Waals surface area contributed by atoms with Gasteiger partial charge in [0.1, 0.15) is 0 Å². The molecule has 2 heteroatoms. The Morgan fingerprint density at radius 3 is 2.67 bits per heavy atom. The monoisotopic (exact) mass is 211 g/mol. The molecule has 2 saturated carbocycles. The van der Waals surface area contributed by atoms with Gasteiger partial charge in [-0.2, -0.15) is 0 Å². The Kier molecular flexibility index (Phi) is 3.68. The summed E-state index contributed by atoms with van der Waals surface area (Å²) in [5, 5.41) is 0. The van der Waals surface area contributed by atoms with Gasteiger partial charge in [0.15, 0.2) is 0 Å². The summed E-state index contributed by atoms with van der Waals surface area (Å²) < 4.78 is 5.65. The molecule has 0 aromatic rings. The van der Waals surface area contributed by atoms with Gasteiger partial charge in [-0.3, -0.25) is 0 Å². The van der Waals surface area contributed by atoms with Crippen LogP contribution in [0.5, 0.6) is 0 Å². The highest BCUT2D eigenvalue weighted by atomic mass is 16.5. The fourth-order valence-electron chi connectivity index (χ4n) is 3.65. The maximum atomic E-state index is 6.09. The van der Waals surface area contributed by atoms with Crippen molar-refractivity contribution in [1.29, 1.82) is 0 Å². The minimum absolute atomic E-state index is 0.432. The average Bonchev–Trinajstić information content (AvgIpc) is 2.70. The lowest BCUT2D eigenvalue weighted by molar-refractivity contribution is 0.00701. The van der Waals surface area contributed by atoms with Gasteiger partial charge in [0.2, 0.25) is 0 Å². The van der Waals surface area contributed by atoms with Crippen LogP contribution in [0.1, 0.15) is 51.9 Å². The fourth-order valence-corrected chi connectivity index (χ4v) is 3.65. The Bertz CT molecular complexity index is 199. The van der Waals surface area contributed by atoms with Gasteiger partial charge in [0.05, 0.1) is 0 Å². The zero-order chi connectivity index (χ0) is 10.7. The third-order valence-corrected chi connectivity index (χ3v) is 4.59. The molecule has 0 aromatic carbocycles. The summed E-state index contributed by atoms with van der Waals surface area (Å²) in [7, 11) is 0. The molecule has 0 saturated heterocycles. The van der Waals surface area contributed by atoms with Crippen molar-refractivity contribution in [2.24, 2.45) is 17.1 Å². The first kappa shape index (κ1) is 11.4. The van der Waals surface area contributed by atoms with Gasteiger partial charge >= 0.3 is 0 Å². The molecule has 0 bridgehead atoms. The van der Waals surface area contributed by atoms with Crippen LogP contribution in [0.15, 0.2) is 0 Å². The second-order valence-corrected chi connectivity index (χ2v) is 5.46. The fraction of sp³-hybridized carbons (Fsp3) is 1.00. The highest BCUT2D eigenvalue weighted by molar-refractivity contribution is 4.96. The third-order valence-electron chi connectivity index (χ3n) is 4.59. The summed E-state index contributed by atoms with van der Waals surface area (Å²) in [4.78, 5) is 0. The van der Waals surface area contributed by atoms with Crippen LogP contribution in [0.25, 0.3) is 0 Å². The minimum Gasteiger partial charge on any atom is -0.381 e. The Balaban J connectivity index is 1.99. The first-order valence-corrected chi connectivity index (χ1v) is 6.60. The van der Waals surface area contributed by atoms with Crippen LogP contribution in [0.2, 0.25) is 0 Å². The molecule has 15 heavy (non-hydrogen) atoms. The van der Waals surface area contributed by atoms with E-state index in [1.54, 1.807) is 0 Å². The van der Waals surface area contributed by atoms with Gasteiger partial charge in [0.25, 0.3) is 0 Å². The molecule has 2 nitrogen and oxygen atoms in total. The molecule has 2 aliphatic carbocycles. The first-order chi connectivity index (χ1) is 7.27. The SMILES string of the molecule is CCOCC1CC(N)CCC12CCCC2. The summed E-state index contributed by atoms with van der Waals surface area (Å²) in [5.41, 5.74) is 6.71. The molecular weight excluding hydrogens is 186 g/mol. The van der Waals surface area contributed by atoms with E-state index >= 15 is 0 Å². The lowest BCUT2D eigenvalue weighted by atomic mass is 9.64. The van der Waals surface area contributed by atoms with Crippen LogP contribution in [-0.4, -0.2) is 19.3 Å². The van der Waals surface area contributed by atoms with Crippen LogP contribution in [0.4, 0.5) is 0 Å². The standard InChI is InChI=1S/C13H25NO/c1-2-15-10-11-9-12(14)5-8-13(11)6-3-4-7-13/h11-12H,2-10,14H2,1H3. The molecule has 2 atom stereocenters. The van der Waals surface area contributed by atoms with Crippen molar-refractivity contribution in [1.82, 2.24) is 0 Å². The molecule has 0 amide bonds. The average molecular weight is 211 g/mol. The summed E-state index contributed by atoms with van der Waals surface area (Å²) in [5.74, 6) is 0.740. The smallest absolute Gasteiger partial charge is 0.0500 e. The molecule has 0 heterocycles. The van der Waals surface area contributed by atoms with Crippen molar-refractivity contribution in [2.45, 2.75) is 57.9 Å². The Morgan fingerprint density at radius 2 is 2.00 bits per heavy atom. The Morgan fingerprint density at radius 1 is 1.27 bits per heavy atom. The number of hydrogen-bond donors (Lipinski definition) is 1. The van der Waals surface area contributed by atoms with Crippen molar-refractivity contribution in [3.8, 4) is 0 Å². The lowest BCUT2D eigenvalue weighted by Gasteiger charge is -2.43. The van der Waals surface area contributed by atoms with E-state index < -0.39 is 0 Å². The lowest BCUT2D eigenvalue weighted by Crippen LogP contribution is -2.42. The molecule has 0 aromatic heterocycles.